The Morgan fingerprint density at radius 2 is 1.70 bits per heavy atom. The van der Waals surface area contributed by atoms with E-state index in [1.807, 2.05) is 13.0 Å². The summed E-state index contributed by atoms with van der Waals surface area (Å²) in [6.45, 7) is 3.62. The lowest BCUT2D eigenvalue weighted by molar-refractivity contribution is -0.140. The van der Waals surface area contributed by atoms with Gasteiger partial charge in [-0.3, -0.25) is 13.9 Å². The molecule has 0 aliphatic rings. The minimum atomic E-state index is -4.25. The molecule has 0 saturated heterocycles. The van der Waals surface area contributed by atoms with Crippen LogP contribution in [0.3, 0.4) is 0 Å². The monoisotopic (exact) mass is 605 g/mol. The quantitative estimate of drug-likeness (QED) is 0.276. The largest absolute Gasteiger partial charge is 0.497 e. The van der Waals surface area contributed by atoms with E-state index in [0.717, 1.165) is 10.7 Å². The van der Waals surface area contributed by atoms with E-state index in [9.17, 15) is 18.0 Å². The van der Waals surface area contributed by atoms with Crippen LogP contribution in [0.5, 0.6) is 5.75 Å². The van der Waals surface area contributed by atoms with Gasteiger partial charge in [0.2, 0.25) is 11.8 Å². The summed E-state index contributed by atoms with van der Waals surface area (Å²) in [6, 6.07) is 18.4. The van der Waals surface area contributed by atoms with Gasteiger partial charge in [0.25, 0.3) is 10.0 Å². The van der Waals surface area contributed by atoms with Gasteiger partial charge < -0.3 is 15.0 Å². The SMILES string of the molecule is CCCNC(=O)[C@H](CC)N(Cc1cccc(OC)c1)C(=O)CN(c1cc(Cl)ccc1Cl)S(=O)(=O)c1ccccc1. The number of ether oxygens (including phenoxy) is 1. The van der Waals surface area contributed by atoms with Crippen LogP contribution in [0.4, 0.5) is 5.69 Å². The number of sulfonamides is 1. The fourth-order valence-corrected chi connectivity index (χ4v) is 6.04. The van der Waals surface area contributed by atoms with Gasteiger partial charge in [-0.2, -0.15) is 0 Å². The van der Waals surface area contributed by atoms with Crippen molar-refractivity contribution >= 4 is 50.7 Å². The number of hydrogen-bond acceptors (Lipinski definition) is 5. The third-order valence-corrected chi connectivity index (χ3v) is 8.54. The predicted molar refractivity (Wildman–Crippen MR) is 158 cm³/mol. The number of amides is 2. The zero-order chi connectivity index (χ0) is 29.3. The van der Waals surface area contributed by atoms with Crippen LogP contribution in [0.2, 0.25) is 10.0 Å². The zero-order valence-corrected chi connectivity index (χ0v) is 25.0. The second-order valence-corrected chi connectivity index (χ2v) is 11.7. The first-order chi connectivity index (χ1) is 19.1. The number of carbonyl (C=O) groups is 2. The molecule has 214 valence electrons. The molecule has 3 rings (SSSR count). The summed E-state index contributed by atoms with van der Waals surface area (Å²) in [7, 11) is -2.71. The van der Waals surface area contributed by atoms with Crippen molar-refractivity contribution in [3.63, 3.8) is 0 Å². The average Bonchev–Trinajstić information content (AvgIpc) is 2.96. The zero-order valence-electron chi connectivity index (χ0n) is 22.6. The van der Waals surface area contributed by atoms with E-state index in [1.165, 1.54) is 42.3 Å². The summed E-state index contributed by atoms with van der Waals surface area (Å²) in [5, 5.41) is 3.21. The number of carbonyl (C=O) groups excluding carboxylic acids is 2. The van der Waals surface area contributed by atoms with E-state index >= 15 is 0 Å². The Kier molecular flexibility index (Phi) is 11.2. The molecule has 0 heterocycles. The molecule has 40 heavy (non-hydrogen) atoms. The van der Waals surface area contributed by atoms with Gasteiger partial charge in [0.15, 0.2) is 0 Å². The lowest BCUT2D eigenvalue weighted by Crippen LogP contribution is -2.52. The molecule has 0 radical (unpaired) electrons. The number of nitrogens with zero attached hydrogens (tertiary/aromatic N) is 2. The molecular weight excluding hydrogens is 573 g/mol. The van der Waals surface area contributed by atoms with Crippen molar-refractivity contribution in [2.24, 2.45) is 0 Å². The number of halogens is 2. The highest BCUT2D eigenvalue weighted by Gasteiger charge is 2.34. The van der Waals surface area contributed by atoms with Crippen molar-refractivity contribution in [1.29, 1.82) is 0 Å². The number of benzene rings is 3. The molecule has 0 aromatic heterocycles. The minimum Gasteiger partial charge on any atom is -0.497 e. The normalized spacial score (nSPS) is 11.9. The Morgan fingerprint density at radius 3 is 2.35 bits per heavy atom. The van der Waals surface area contributed by atoms with E-state index in [1.54, 1.807) is 43.3 Å². The van der Waals surface area contributed by atoms with Crippen LogP contribution in [0, 0.1) is 0 Å². The van der Waals surface area contributed by atoms with Gasteiger partial charge in [-0.15, -0.1) is 0 Å². The number of nitrogens with one attached hydrogen (secondary N) is 1. The van der Waals surface area contributed by atoms with Gasteiger partial charge in [0.05, 0.1) is 22.7 Å². The Bertz CT molecular complexity index is 1420. The van der Waals surface area contributed by atoms with Gasteiger partial charge >= 0.3 is 0 Å². The van der Waals surface area contributed by atoms with Gasteiger partial charge in [-0.1, -0.05) is 67.4 Å². The second kappa shape index (κ2) is 14.4. The predicted octanol–water partition coefficient (Wildman–Crippen LogP) is 5.53. The Labute approximate surface area is 245 Å². The molecule has 1 N–H and O–H groups in total. The van der Waals surface area contributed by atoms with Gasteiger partial charge in [0, 0.05) is 18.1 Å². The van der Waals surface area contributed by atoms with E-state index in [0.29, 0.717) is 24.3 Å². The number of anilines is 1. The van der Waals surface area contributed by atoms with Crippen LogP contribution in [0.25, 0.3) is 0 Å². The molecule has 0 spiro atoms. The lowest BCUT2D eigenvalue weighted by Gasteiger charge is -2.33. The van der Waals surface area contributed by atoms with Crippen molar-refractivity contribution in [2.75, 3.05) is 24.5 Å². The summed E-state index contributed by atoms with van der Waals surface area (Å²) < 4.78 is 34.0. The molecule has 3 aromatic rings. The summed E-state index contributed by atoms with van der Waals surface area (Å²) in [4.78, 5) is 28.6. The first-order valence-corrected chi connectivity index (χ1v) is 15.0. The van der Waals surface area contributed by atoms with Crippen LogP contribution in [-0.2, 0) is 26.2 Å². The molecule has 0 aliphatic carbocycles. The molecule has 0 saturated carbocycles. The van der Waals surface area contributed by atoms with Gasteiger partial charge in [0.1, 0.15) is 18.3 Å². The van der Waals surface area contributed by atoms with Crippen LogP contribution in [-0.4, -0.2) is 51.4 Å². The molecule has 2 amide bonds. The van der Waals surface area contributed by atoms with Crippen molar-refractivity contribution in [3.8, 4) is 5.75 Å². The Morgan fingerprint density at radius 1 is 0.975 bits per heavy atom. The number of hydrogen-bond donors (Lipinski definition) is 1. The highest BCUT2D eigenvalue weighted by Crippen LogP contribution is 2.33. The lowest BCUT2D eigenvalue weighted by atomic mass is 10.1. The van der Waals surface area contributed by atoms with Gasteiger partial charge in [-0.25, -0.2) is 8.42 Å². The van der Waals surface area contributed by atoms with Crippen molar-refractivity contribution in [3.05, 3.63) is 88.4 Å². The van der Waals surface area contributed by atoms with Crippen molar-refractivity contribution < 1.29 is 22.7 Å². The maximum atomic E-state index is 14.1. The summed E-state index contributed by atoms with van der Waals surface area (Å²) in [6.07, 6.45) is 1.04. The maximum Gasteiger partial charge on any atom is 0.264 e. The fraction of sp³-hybridized carbons (Fsp3) is 0.310. The van der Waals surface area contributed by atoms with E-state index in [-0.39, 0.29) is 33.1 Å². The molecule has 0 fully saturated rings. The van der Waals surface area contributed by atoms with Crippen LogP contribution in [0.15, 0.2) is 77.7 Å². The van der Waals surface area contributed by atoms with Crippen LogP contribution in [0.1, 0.15) is 32.3 Å². The number of rotatable bonds is 13. The Hall–Kier alpha value is -3.27. The first kappa shape index (κ1) is 31.3. The minimum absolute atomic E-state index is 0.0223. The summed E-state index contributed by atoms with van der Waals surface area (Å²) in [5.41, 5.74) is 0.767. The third-order valence-electron chi connectivity index (χ3n) is 6.21. The third kappa shape index (κ3) is 7.68. The van der Waals surface area contributed by atoms with E-state index in [2.05, 4.69) is 5.32 Å². The topological polar surface area (TPSA) is 96.0 Å². The molecule has 1 atom stereocenters. The van der Waals surface area contributed by atoms with Crippen LogP contribution >= 0.6 is 23.2 Å². The average molecular weight is 607 g/mol. The van der Waals surface area contributed by atoms with Crippen molar-refractivity contribution in [1.82, 2.24) is 10.2 Å². The molecule has 3 aromatic carbocycles. The molecule has 0 aliphatic heterocycles. The summed E-state index contributed by atoms with van der Waals surface area (Å²) in [5.74, 6) is -0.317. The molecule has 11 heteroatoms. The van der Waals surface area contributed by atoms with E-state index < -0.39 is 28.5 Å². The first-order valence-electron chi connectivity index (χ1n) is 12.8. The molecule has 0 bridgehead atoms. The van der Waals surface area contributed by atoms with E-state index in [4.69, 9.17) is 27.9 Å². The fourth-order valence-electron chi connectivity index (χ4n) is 4.16. The van der Waals surface area contributed by atoms with Crippen molar-refractivity contribution in [2.45, 2.75) is 44.2 Å². The smallest absolute Gasteiger partial charge is 0.264 e. The number of methoxy groups -OCH3 is 1. The van der Waals surface area contributed by atoms with Gasteiger partial charge in [-0.05, 0) is 60.9 Å². The Balaban J connectivity index is 2.09. The molecular formula is C29H33Cl2N3O5S. The van der Waals surface area contributed by atoms with Crippen LogP contribution < -0.4 is 14.4 Å². The molecule has 8 nitrogen and oxygen atoms in total. The highest BCUT2D eigenvalue weighted by molar-refractivity contribution is 7.92. The molecule has 0 unspecified atom stereocenters. The second-order valence-electron chi connectivity index (χ2n) is 9.01. The highest BCUT2D eigenvalue weighted by atomic mass is 35.5. The standard InChI is InChI=1S/C29H33Cl2N3O5S/c1-4-16-32-29(36)26(5-2)33(19-21-10-9-11-23(17-21)39-3)28(35)20-34(27-18-22(30)14-15-25(27)31)40(37,38)24-12-7-6-8-13-24/h6-15,17-18,26H,4-5,16,19-20H2,1-3H3,(H,32,36)/t26-/m0/s1. The summed E-state index contributed by atoms with van der Waals surface area (Å²) >= 11 is 12.7. The maximum absolute atomic E-state index is 14.1.